The number of aliphatic hydroxyl groups is 1. The summed E-state index contributed by atoms with van der Waals surface area (Å²) in [7, 11) is 0. The van der Waals surface area contributed by atoms with Crippen LogP contribution in [0.15, 0.2) is 18.5 Å². The normalized spacial score (nSPS) is 12.6. The minimum absolute atomic E-state index is 0.311. The third kappa shape index (κ3) is 6.20. The van der Waals surface area contributed by atoms with Crippen molar-refractivity contribution in [3.05, 3.63) is 29.6 Å². The molecule has 2 nitrogen and oxygen atoms in total. The van der Waals surface area contributed by atoms with Crippen molar-refractivity contribution in [2.45, 2.75) is 77.7 Å². The van der Waals surface area contributed by atoms with E-state index in [0.717, 1.165) is 24.8 Å². The minimum Gasteiger partial charge on any atom is -0.388 e. The highest BCUT2D eigenvalue weighted by Crippen LogP contribution is 2.23. The maximum absolute atomic E-state index is 10.2. The van der Waals surface area contributed by atoms with Gasteiger partial charge in [-0.15, -0.1) is 0 Å². The van der Waals surface area contributed by atoms with Gasteiger partial charge in [0, 0.05) is 12.4 Å². The Hall–Kier alpha value is -0.890. The number of pyridine rings is 1. The van der Waals surface area contributed by atoms with Gasteiger partial charge in [0.05, 0.1) is 6.10 Å². The molecule has 1 N–H and O–H groups in total. The number of hydrogen-bond acceptors (Lipinski definition) is 2. The lowest BCUT2D eigenvalue weighted by molar-refractivity contribution is 0.162. The first-order chi connectivity index (χ1) is 9.29. The van der Waals surface area contributed by atoms with E-state index in [1.807, 2.05) is 12.3 Å². The molecule has 0 aromatic carbocycles. The van der Waals surface area contributed by atoms with Gasteiger partial charge in [-0.25, -0.2) is 0 Å². The van der Waals surface area contributed by atoms with E-state index in [1.165, 1.54) is 44.1 Å². The predicted molar refractivity (Wildman–Crippen MR) is 81.2 cm³/mol. The lowest BCUT2D eigenvalue weighted by Crippen LogP contribution is -2.02. The molecule has 2 heteroatoms. The summed E-state index contributed by atoms with van der Waals surface area (Å²) in [5.74, 6) is 0. The highest BCUT2D eigenvalue weighted by molar-refractivity contribution is 5.25. The van der Waals surface area contributed by atoms with Crippen LogP contribution in [0.25, 0.3) is 0 Å². The highest BCUT2D eigenvalue weighted by Gasteiger charge is 2.10. The quantitative estimate of drug-likeness (QED) is 0.614. The number of aromatic nitrogens is 1. The van der Waals surface area contributed by atoms with Gasteiger partial charge in [-0.05, 0) is 30.0 Å². The third-order valence-electron chi connectivity index (χ3n) is 3.76. The van der Waals surface area contributed by atoms with E-state index in [0.29, 0.717) is 0 Å². The van der Waals surface area contributed by atoms with Crippen molar-refractivity contribution in [2.75, 3.05) is 0 Å². The van der Waals surface area contributed by atoms with E-state index in [4.69, 9.17) is 0 Å². The fourth-order valence-corrected chi connectivity index (χ4v) is 2.51. The van der Waals surface area contributed by atoms with Gasteiger partial charge in [0.1, 0.15) is 0 Å². The Balaban J connectivity index is 2.22. The molecular formula is C17H29NO. The Morgan fingerprint density at radius 2 is 1.74 bits per heavy atom. The summed E-state index contributed by atoms with van der Waals surface area (Å²) in [5, 5.41) is 10.2. The van der Waals surface area contributed by atoms with Crippen LogP contribution in [0.5, 0.6) is 0 Å². The molecule has 1 aromatic rings. The summed E-state index contributed by atoms with van der Waals surface area (Å²) in [6.07, 6.45) is 14.2. The molecule has 108 valence electrons. The smallest absolute Gasteiger partial charge is 0.0793 e. The number of hydrogen-bond donors (Lipinski definition) is 1. The molecule has 1 unspecified atom stereocenters. The standard InChI is InChI=1S/C17H29NO/c1-3-5-6-7-8-9-10-11-17(19)16-12-13-18-14-15(16)4-2/h12-14,17,19H,3-11H2,1-2H3. The molecule has 0 bridgehead atoms. The topological polar surface area (TPSA) is 33.1 Å². The molecule has 19 heavy (non-hydrogen) atoms. The summed E-state index contributed by atoms with van der Waals surface area (Å²) < 4.78 is 0. The maximum Gasteiger partial charge on any atom is 0.0793 e. The maximum atomic E-state index is 10.2. The Morgan fingerprint density at radius 3 is 2.42 bits per heavy atom. The Bertz CT molecular complexity index is 338. The van der Waals surface area contributed by atoms with Crippen molar-refractivity contribution in [3.8, 4) is 0 Å². The van der Waals surface area contributed by atoms with E-state index in [-0.39, 0.29) is 6.10 Å². The molecule has 0 aliphatic heterocycles. The van der Waals surface area contributed by atoms with Crippen molar-refractivity contribution < 1.29 is 5.11 Å². The number of rotatable bonds is 10. The van der Waals surface area contributed by atoms with Gasteiger partial charge < -0.3 is 5.11 Å². The van der Waals surface area contributed by atoms with Crippen molar-refractivity contribution in [1.29, 1.82) is 0 Å². The van der Waals surface area contributed by atoms with E-state index in [9.17, 15) is 5.11 Å². The largest absolute Gasteiger partial charge is 0.388 e. The van der Waals surface area contributed by atoms with Crippen LogP contribution in [0, 0.1) is 0 Å². The summed E-state index contributed by atoms with van der Waals surface area (Å²) in [5.41, 5.74) is 2.25. The van der Waals surface area contributed by atoms with Crippen LogP contribution in [0.3, 0.4) is 0 Å². The molecule has 1 atom stereocenters. The van der Waals surface area contributed by atoms with Crippen molar-refractivity contribution in [1.82, 2.24) is 4.98 Å². The van der Waals surface area contributed by atoms with Crippen LogP contribution in [-0.2, 0) is 6.42 Å². The van der Waals surface area contributed by atoms with Gasteiger partial charge in [-0.3, -0.25) is 4.98 Å². The molecule has 1 aromatic heterocycles. The van der Waals surface area contributed by atoms with Gasteiger partial charge in [0.2, 0.25) is 0 Å². The Labute approximate surface area is 118 Å². The van der Waals surface area contributed by atoms with Crippen LogP contribution in [0.1, 0.15) is 82.4 Å². The molecule has 0 saturated heterocycles. The molecule has 0 amide bonds. The van der Waals surface area contributed by atoms with Gasteiger partial charge in [-0.2, -0.15) is 0 Å². The second-order valence-corrected chi connectivity index (χ2v) is 5.35. The zero-order valence-electron chi connectivity index (χ0n) is 12.6. The zero-order chi connectivity index (χ0) is 13.9. The van der Waals surface area contributed by atoms with Gasteiger partial charge in [0.15, 0.2) is 0 Å². The third-order valence-corrected chi connectivity index (χ3v) is 3.76. The molecule has 0 radical (unpaired) electrons. The van der Waals surface area contributed by atoms with E-state index in [2.05, 4.69) is 18.8 Å². The highest BCUT2D eigenvalue weighted by atomic mass is 16.3. The van der Waals surface area contributed by atoms with Crippen LogP contribution in [0.2, 0.25) is 0 Å². The second-order valence-electron chi connectivity index (χ2n) is 5.35. The first-order valence-corrected chi connectivity index (χ1v) is 7.90. The van der Waals surface area contributed by atoms with E-state index in [1.54, 1.807) is 6.20 Å². The number of unbranched alkanes of at least 4 members (excludes halogenated alkanes) is 6. The van der Waals surface area contributed by atoms with Crippen molar-refractivity contribution >= 4 is 0 Å². The molecule has 0 aliphatic rings. The molecule has 1 rings (SSSR count). The number of aryl methyl sites for hydroxylation is 1. The average Bonchev–Trinajstić information content (AvgIpc) is 2.46. The van der Waals surface area contributed by atoms with Crippen molar-refractivity contribution in [2.24, 2.45) is 0 Å². The lowest BCUT2D eigenvalue weighted by Gasteiger charge is -2.14. The van der Waals surface area contributed by atoms with Gasteiger partial charge >= 0.3 is 0 Å². The van der Waals surface area contributed by atoms with Crippen molar-refractivity contribution in [3.63, 3.8) is 0 Å². The second kappa shape index (κ2) is 9.96. The fourth-order valence-electron chi connectivity index (χ4n) is 2.51. The Morgan fingerprint density at radius 1 is 1.05 bits per heavy atom. The van der Waals surface area contributed by atoms with Crippen LogP contribution in [-0.4, -0.2) is 10.1 Å². The van der Waals surface area contributed by atoms with E-state index >= 15 is 0 Å². The average molecular weight is 263 g/mol. The monoisotopic (exact) mass is 263 g/mol. The SMILES string of the molecule is CCCCCCCCCC(O)c1ccncc1CC. The molecule has 0 saturated carbocycles. The first-order valence-electron chi connectivity index (χ1n) is 7.90. The molecule has 0 spiro atoms. The number of nitrogens with zero attached hydrogens (tertiary/aromatic N) is 1. The number of aliphatic hydroxyl groups excluding tert-OH is 1. The van der Waals surface area contributed by atoms with Gasteiger partial charge in [-0.1, -0.05) is 58.8 Å². The molecular weight excluding hydrogens is 234 g/mol. The van der Waals surface area contributed by atoms with Crippen LogP contribution in [0.4, 0.5) is 0 Å². The van der Waals surface area contributed by atoms with Gasteiger partial charge in [0.25, 0.3) is 0 Å². The molecule has 0 aliphatic carbocycles. The zero-order valence-corrected chi connectivity index (χ0v) is 12.6. The summed E-state index contributed by atoms with van der Waals surface area (Å²) in [4.78, 5) is 4.13. The molecule has 0 fully saturated rings. The minimum atomic E-state index is -0.311. The van der Waals surface area contributed by atoms with E-state index < -0.39 is 0 Å². The summed E-state index contributed by atoms with van der Waals surface area (Å²) in [6.45, 7) is 4.36. The summed E-state index contributed by atoms with van der Waals surface area (Å²) >= 11 is 0. The first kappa shape index (κ1) is 16.2. The fraction of sp³-hybridized carbons (Fsp3) is 0.706. The predicted octanol–water partition coefficient (Wildman–Crippen LogP) is 4.82. The summed E-state index contributed by atoms with van der Waals surface area (Å²) in [6, 6.07) is 1.96. The van der Waals surface area contributed by atoms with Crippen LogP contribution >= 0.6 is 0 Å². The molecule has 1 heterocycles. The van der Waals surface area contributed by atoms with Crippen LogP contribution < -0.4 is 0 Å². The lowest BCUT2D eigenvalue weighted by atomic mass is 9.98. The Kier molecular flexibility index (Phi) is 8.48.